The fourth-order valence-electron chi connectivity index (χ4n) is 1.28. The van der Waals surface area contributed by atoms with E-state index in [0.717, 1.165) is 25.1 Å². The molecule has 1 aromatic heterocycles. The van der Waals surface area contributed by atoms with Crippen LogP contribution in [0.3, 0.4) is 0 Å². The van der Waals surface area contributed by atoms with Gasteiger partial charge in [-0.05, 0) is 6.42 Å². The fraction of sp³-hybridized carbons (Fsp3) is 0.438. The van der Waals surface area contributed by atoms with E-state index in [1.165, 1.54) is 17.4 Å². The quantitative estimate of drug-likeness (QED) is 0.602. The number of aromatic nitrogens is 1. The van der Waals surface area contributed by atoms with Crippen LogP contribution in [-0.2, 0) is 6.42 Å². The van der Waals surface area contributed by atoms with Crippen LogP contribution >= 0.6 is 11.3 Å². The summed E-state index contributed by atoms with van der Waals surface area (Å²) in [5.41, 5.74) is 1.59. The van der Waals surface area contributed by atoms with Gasteiger partial charge in [0.25, 0.3) is 0 Å². The van der Waals surface area contributed by atoms with E-state index in [2.05, 4.69) is 11.6 Å². The predicted octanol–water partition coefficient (Wildman–Crippen LogP) is 6.06. The summed E-state index contributed by atoms with van der Waals surface area (Å²) in [7, 11) is 0. The molecule has 0 bridgehead atoms. The molecular weight excluding hydrogens is 295 g/mol. The SMILES string of the molecule is C=C/C=C(\C=C/C(C)C(F)(F)F)c1nc(CC)cs1.CC. The van der Waals surface area contributed by atoms with Crippen LogP contribution in [0.4, 0.5) is 13.2 Å². The second kappa shape index (κ2) is 9.55. The number of hydrogen-bond donors (Lipinski definition) is 0. The highest BCUT2D eigenvalue weighted by Crippen LogP contribution is 2.28. The Hall–Kier alpha value is -1.36. The first kappa shape index (κ1) is 19.6. The average molecular weight is 317 g/mol. The lowest BCUT2D eigenvalue weighted by molar-refractivity contribution is -0.156. The van der Waals surface area contributed by atoms with Crippen LogP contribution in [0.2, 0.25) is 0 Å². The minimum atomic E-state index is -4.22. The first-order chi connectivity index (χ1) is 9.88. The monoisotopic (exact) mass is 317 g/mol. The Morgan fingerprint density at radius 1 is 1.43 bits per heavy atom. The molecular formula is C16H22F3NS. The van der Waals surface area contributed by atoms with Gasteiger partial charge in [0, 0.05) is 11.0 Å². The van der Waals surface area contributed by atoms with Crippen LogP contribution in [0.1, 0.15) is 38.4 Å². The van der Waals surface area contributed by atoms with Crippen LogP contribution in [-0.4, -0.2) is 11.2 Å². The Morgan fingerprint density at radius 2 is 2.05 bits per heavy atom. The number of rotatable bonds is 5. The molecule has 118 valence electrons. The molecule has 1 unspecified atom stereocenters. The summed E-state index contributed by atoms with van der Waals surface area (Å²) in [6.45, 7) is 10.7. The second-order valence-electron chi connectivity index (χ2n) is 4.04. The van der Waals surface area contributed by atoms with Gasteiger partial charge in [-0.3, -0.25) is 0 Å². The molecule has 0 aliphatic carbocycles. The lowest BCUT2D eigenvalue weighted by atomic mass is 10.1. The molecule has 1 atom stereocenters. The van der Waals surface area contributed by atoms with Crippen molar-refractivity contribution < 1.29 is 13.2 Å². The Morgan fingerprint density at radius 3 is 2.48 bits per heavy atom. The minimum absolute atomic E-state index is 0.649. The Labute approximate surface area is 128 Å². The maximum Gasteiger partial charge on any atom is 0.394 e. The molecule has 0 aromatic carbocycles. The number of aryl methyl sites for hydroxylation is 1. The predicted molar refractivity (Wildman–Crippen MR) is 85.4 cm³/mol. The van der Waals surface area contributed by atoms with E-state index in [-0.39, 0.29) is 0 Å². The topological polar surface area (TPSA) is 12.9 Å². The normalized spacial score (nSPS) is 13.8. The summed E-state index contributed by atoms with van der Waals surface area (Å²) in [6.07, 6.45) is 2.40. The van der Waals surface area contributed by atoms with Crippen LogP contribution < -0.4 is 0 Å². The van der Waals surface area contributed by atoms with Crippen molar-refractivity contribution in [2.24, 2.45) is 5.92 Å². The summed E-state index contributed by atoms with van der Waals surface area (Å²) >= 11 is 1.42. The Bertz CT molecular complexity index is 484. The molecule has 0 radical (unpaired) electrons. The van der Waals surface area contributed by atoms with Crippen molar-refractivity contribution in [2.75, 3.05) is 0 Å². The van der Waals surface area contributed by atoms with Gasteiger partial charge in [-0.1, -0.05) is 58.6 Å². The van der Waals surface area contributed by atoms with Crippen molar-refractivity contribution in [1.29, 1.82) is 0 Å². The van der Waals surface area contributed by atoms with Crippen molar-refractivity contribution in [1.82, 2.24) is 4.98 Å². The molecule has 0 aliphatic rings. The molecule has 0 amide bonds. The zero-order chi connectivity index (χ0) is 16.5. The van der Waals surface area contributed by atoms with Crippen LogP contribution in [0.25, 0.3) is 5.57 Å². The van der Waals surface area contributed by atoms with Gasteiger partial charge in [-0.15, -0.1) is 11.3 Å². The highest BCUT2D eigenvalue weighted by Gasteiger charge is 2.33. The molecule has 0 N–H and O–H groups in total. The Balaban J connectivity index is 0.00000191. The van der Waals surface area contributed by atoms with E-state index < -0.39 is 12.1 Å². The summed E-state index contributed by atoms with van der Waals surface area (Å²) in [5.74, 6) is -1.48. The van der Waals surface area contributed by atoms with E-state index >= 15 is 0 Å². The van der Waals surface area contributed by atoms with E-state index in [1.54, 1.807) is 12.2 Å². The second-order valence-corrected chi connectivity index (χ2v) is 4.90. The largest absolute Gasteiger partial charge is 0.394 e. The lowest BCUT2D eigenvalue weighted by Gasteiger charge is -2.10. The summed E-state index contributed by atoms with van der Waals surface area (Å²) in [4.78, 5) is 4.36. The van der Waals surface area contributed by atoms with Gasteiger partial charge < -0.3 is 0 Å². The van der Waals surface area contributed by atoms with Crippen LogP contribution in [0, 0.1) is 5.92 Å². The molecule has 5 heteroatoms. The van der Waals surface area contributed by atoms with Gasteiger partial charge in [-0.25, -0.2) is 4.98 Å². The number of alkyl halides is 3. The van der Waals surface area contributed by atoms with E-state index in [9.17, 15) is 13.2 Å². The smallest absolute Gasteiger partial charge is 0.241 e. The molecule has 1 rings (SSSR count). The lowest BCUT2D eigenvalue weighted by Crippen LogP contribution is -2.17. The van der Waals surface area contributed by atoms with Crippen molar-refractivity contribution in [3.8, 4) is 0 Å². The number of hydrogen-bond acceptors (Lipinski definition) is 2. The van der Waals surface area contributed by atoms with Gasteiger partial charge in [-0.2, -0.15) is 13.2 Å². The molecule has 1 nitrogen and oxygen atoms in total. The third-order valence-corrected chi connectivity index (χ3v) is 3.48. The number of nitrogens with zero attached hydrogens (tertiary/aromatic N) is 1. The van der Waals surface area contributed by atoms with Crippen LogP contribution in [0.15, 0.2) is 36.3 Å². The van der Waals surface area contributed by atoms with E-state index in [4.69, 9.17) is 0 Å². The fourth-order valence-corrected chi connectivity index (χ4v) is 2.19. The molecule has 0 aliphatic heterocycles. The number of thiazole rings is 1. The van der Waals surface area contributed by atoms with Crippen molar-refractivity contribution >= 4 is 16.9 Å². The number of halogens is 3. The first-order valence-electron chi connectivity index (χ1n) is 6.90. The molecule has 0 saturated heterocycles. The van der Waals surface area contributed by atoms with Crippen LogP contribution in [0.5, 0.6) is 0 Å². The van der Waals surface area contributed by atoms with Gasteiger partial charge in [0.15, 0.2) is 0 Å². The maximum absolute atomic E-state index is 12.4. The molecule has 21 heavy (non-hydrogen) atoms. The maximum atomic E-state index is 12.4. The van der Waals surface area contributed by atoms with E-state index in [0.29, 0.717) is 10.6 Å². The van der Waals surface area contributed by atoms with Gasteiger partial charge in [0.2, 0.25) is 0 Å². The Kier molecular flexibility index (Phi) is 8.93. The van der Waals surface area contributed by atoms with Gasteiger partial charge >= 0.3 is 6.18 Å². The van der Waals surface area contributed by atoms with Crippen molar-refractivity contribution in [2.45, 2.75) is 40.3 Å². The number of allylic oxidation sites excluding steroid dienone is 5. The summed E-state index contributed by atoms with van der Waals surface area (Å²) < 4.78 is 37.3. The molecule has 0 saturated carbocycles. The van der Waals surface area contributed by atoms with Crippen molar-refractivity contribution in [3.63, 3.8) is 0 Å². The van der Waals surface area contributed by atoms with Gasteiger partial charge in [0.1, 0.15) is 5.01 Å². The van der Waals surface area contributed by atoms with E-state index in [1.807, 2.05) is 26.2 Å². The summed E-state index contributed by atoms with van der Waals surface area (Å²) in [6, 6.07) is 0. The third kappa shape index (κ3) is 6.76. The zero-order valence-corrected chi connectivity index (χ0v) is 13.7. The third-order valence-electron chi connectivity index (χ3n) is 2.54. The molecule has 1 heterocycles. The molecule has 1 aromatic rings. The first-order valence-corrected chi connectivity index (χ1v) is 7.78. The minimum Gasteiger partial charge on any atom is -0.241 e. The zero-order valence-electron chi connectivity index (χ0n) is 12.9. The highest BCUT2D eigenvalue weighted by molar-refractivity contribution is 7.10. The van der Waals surface area contributed by atoms with Crippen molar-refractivity contribution in [3.05, 3.63) is 47.0 Å². The highest BCUT2D eigenvalue weighted by atomic mass is 32.1. The summed E-state index contributed by atoms with van der Waals surface area (Å²) in [5, 5.41) is 2.62. The standard InChI is InChI=1S/C14H16F3NS.C2H6/c1-4-6-11(8-7-10(3)14(15,16)17)13-18-12(5-2)9-19-13;1-2/h4,6-10H,1,5H2,2-3H3;1-2H3/b8-7-,11-6+;. The molecule has 0 fully saturated rings. The molecule has 0 spiro atoms. The van der Waals surface area contributed by atoms with Gasteiger partial charge in [0.05, 0.1) is 11.6 Å². The average Bonchev–Trinajstić information content (AvgIpc) is 2.93.